The van der Waals surface area contributed by atoms with Crippen molar-refractivity contribution in [3.8, 4) is 0 Å². The molecule has 0 bridgehead atoms. The molecular formula is C27H40N6O5. The fraction of sp³-hybridized carbons (Fsp3) is 0.556. The van der Waals surface area contributed by atoms with E-state index in [1.54, 1.807) is 13.8 Å². The van der Waals surface area contributed by atoms with Crippen LogP contribution in [0.5, 0.6) is 0 Å². The number of nitrogens with two attached hydrogens (primary N) is 1. The van der Waals surface area contributed by atoms with Crippen LogP contribution in [0.15, 0.2) is 30.5 Å². The Balaban J connectivity index is 1.76. The number of nitrogens with one attached hydrogen (secondary N) is 5. The van der Waals surface area contributed by atoms with E-state index >= 15 is 0 Å². The van der Waals surface area contributed by atoms with Gasteiger partial charge in [0, 0.05) is 23.5 Å². The molecule has 0 radical (unpaired) electrons. The molecule has 1 aliphatic rings. The lowest BCUT2D eigenvalue weighted by Crippen LogP contribution is -2.58. The molecule has 38 heavy (non-hydrogen) atoms. The number of carbonyl (C=O) groups excluding carboxylic acids is 3. The highest BCUT2D eigenvalue weighted by atomic mass is 16.4. The molecule has 0 aliphatic carbocycles. The Morgan fingerprint density at radius 3 is 2.47 bits per heavy atom. The van der Waals surface area contributed by atoms with Crippen LogP contribution in [0.4, 0.5) is 0 Å². The zero-order valence-electron chi connectivity index (χ0n) is 22.1. The third-order valence-corrected chi connectivity index (χ3v) is 6.92. The quantitative estimate of drug-likeness (QED) is 0.177. The molecule has 1 aromatic carbocycles. The first-order chi connectivity index (χ1) is 18.2. The number of hydrogen-bond donors (Lipinski definition) is 7. The van der Waals surface area contributed by atoms with Crippen molar-refractivity contribution in [2.45, 2.75) is 76.5 Å². The van der Waals surface area contributed by atoms with Crippen molar-refractivity contribution in [1.29, 1.82) is 0 Å². The monoisotopic (exact) mass is 528 g/mol. The number of carboxylic acids is 1. The highest BCUT2D eigenvalue weighted by Crippen LogP contribution is 2.20. The molecule has 0 spiro atoms. The van der Waals surface area contributed by atoms with E-state index in [1.807, 2.05) is 30.5 Å². The molecule has 208 valence electrons. The van der Waals surface area contributed by atoms with Gasteiger partial charge in [0.05, 0.1) is 6.04 Å². The van der Waals surface area contributed by atoms with E-state index in [2.05, 4.69) is 26.3 Å². The minimum Gasteiger partial charge on any atom is -0.480 e. The lowest BCUT2D eigenvalue weighted by atomic mass is 9.99. The predicted octanol–water partition coefficient (Wildman–Crippen LogP) is 0.786. The van der Waals surface area contributed by atoms with Crippen LogP contribution in [0.25, 0.3) is 10.9 Å². The van der Waals surface area contributed by atoms with Crippen LogP contribution in [0.1, 0.15) is 51.5 Å². The standard InChI is InChI=1S/C27H40N6O5/c1-16(2)23(26(36)31-21(27(37)38)10-5-6-12-28)33-25(35)22(32-24(34)20-11-7-13-29-20)14-17-15-30-19-9-4-3-8-18(17)19/h3-4,8-9,15-16,20-23,29-30H,5-7,10-14,28H2,1-2H3,(H,31,36)(H,32,34)(H,33,35)(H,37,38). The van der Waals surface area contributed by atoms with E-state index in [4.69, 9.17) is 5.73 Å². The third kappa shape index (κ3) is 7.78. The second kappa shape index (κ2) is 13.9. The van der Waals surface area contributed by atoms with Crippen molar-refractivity contribution in [2.75, 3.05) is 13.1 Å². The van der Waals surface area contributed by atoms with E-state index in [9.17, 15) is 24.3 Å². The third-order valence-electron chi connectivity index (χ3n) is 6.92. The molecule has 2 heterocycles. The Labute approximate surface area is 222 Å². The molecule has 0 saturated carbocycles. The largest absolute Gasteiger partial charge is 0.480 e. The summed E-state index contributed by atoms with van der Waals surface area (Å²) in [6.07, 6.45) is 5.04. The number of aromatic amines is 1. The summed E-state index contributed by atoms with van der Waals surface area (Å²) in [4.78, 5) is 54.5. The summed E-state index contributed by atoms with van der Waals surface area (Å²) >= 11 is 0. The summed E-state index contributed by atoms with van der Waals surface area (Å²) in [5.41, 5.74) is 7.27. The Morgan fingerprint density at radius 1 is 1.05 bits per heavy atom. The first-order valence-corrected chi connectivity index (χ1v) is 13.3. The first-order valence-electron chi connectivity index (χ1n) is 13.3. The Bertz CT molecular complexity index is 1110. The first kappa shape index (κ1) is 29.1. The SMILES string of the molecule is CC(C)C(NC(=O)C(Cc1c[nH]c2ccccc12)NC(=O)C1CCCN1)C(=O)NC(CCCCN)C(=O)O. The van der Waals surface area contributed by atoms with Crippen LogP contribution in [0.2, 0.25) is 0 Å². The van der Waals surface area contributed by atoms with Gasteiger partial charge in [-0.15, -0.1) is 0 Å². The van der Waals surface area contributed by atoms with Crippen LogP contribution >= 0.6 is 0 Å². The molecule has 1 aliphatic heterocycles. The van der Waals surface area contributed by atoms with E-state index in [-0.39, 0.29) is 30.7 Å². The van der Waals surface area contributed by atoms with Crippen LogP contribution in [-0.4, -0.2) is 71.0 Å². The van der Waals surface area contributed by atoms with Gasteiger partial charge >= 0.3 is 5.97 Å². The number of carboxylic acid groups (broad SMARTS) is 1. The predicted molar refractivity (Wildman–Crippen MR) is 144 cm³/mol. The van der Waals surface area contributed by atoms with Gasteiger partial charge in [0.1, 0.15) is 18.1 Å². The average Bonchev–Trinajstić information content (AvgIpc) is 3.56. The number of unbranched alkanes of at least 4 members (excludes halogenated alkanes) is 1. The number of H-pyrrole nitrogens is 1. The zero-order valence-corrected chi connectivity index (χ0v) is 22.1. The zero-order chi connectivity index (χ0) is 27.7. The molecular weight excluding hydrogens is 488 g/mol. The smallest absolute Gasteiger partial charge is 0.326 e. The molecule has 3 rings (SSSR count). The topological polar surface area (TPSA) is 178 Å². The lowest BCUT2D eigenvalue weighted by molar-refractivity contribution is -0.142. The number of benzene rings is 1. The molecule has 4 atom stereocenters. The average molecular weight is 529 g/mol. The molecule has 1 saturated heterocycles. The van der Waals surface area contributed by atoms with E-state index in [0.29, 0.717) is 25.8 Å². The van der Waals surface area contributed by atoms with Crippen molar-refractivity contribution < 1.29 is 24.3 Å². The fourth-order valence-corrected chi connectivity index (χ4v) is 4.71. The van der Waals surface area contributed by atoms with Crippen LogP contribution in [-0.2, 0) is 25.6 Å². The Kier molecular flexibility index (Phi) is 10.7. The highest BCUT2D eigenvalue weighted by Gasteiger charge is 2.33. The number of hydrogen-bond acceptors (Lipinski definition) is 6. The van der Waals surface area contributed by atoms with Gasteiger partial charge in [-0.2, -0.15) is 0 Å². The van der Waals surface area contributed by atoms with Gasteiger partial charge in [0.15, 0.2) is 0 Å². The minimum atomic E-state index is -1.14. The Morgan fingerprint density at radius 2 is 1.82 bits per heavy atom. The number of fused-ring (bicyclic) bond motifs is 1. The van der Waals surface area contributed by atoms with Gasteiger partial charge in [0.25, 0.3) is 0 Å². The van der Waals surface area contributed by atoms with Crippen LogP contribution < -0.4 is 27.0 Å². The van der Waals surface area contributed by atoms with Gasteiger partial charge < -0.3 is 37.1 Å². The molecule has 1 aromatic heterocycles. The van der Waals surface area contributed by atoms with E-state index in [1.165, 1.54) is 0 Å². The lowest BCUT2D eigenvalue weighted by Gasteiger charge is -2.27. The molecule has 11 heteroatoms. The van der Waals surface area contributed by atoms with Crippen molar-refractivity contribution in [1.82, 2.24) is 26.3 Å². The normalized spacial score (nSPS) is 17.6. The fourth-order valence-electron chi connectivity index (χ4n) is 4.71. The summed E-state index contributed by atoms with van der Waals surface area (Å²) in [6.45, 7) is 4.71. The van der Waals surface area contributed by atoms with Crippen LogP contribution in [0.3, 0.4) is 0 Å². The van der Waals surface area contributed by atoms with Gasteiger partial charge in [-0.3, -0.25) is 14.4 Å². The molecule has 3 amide bonds. The molecule has 11 nitrogen and oxygen atoms in total. The number of carbonyl (C=O) groups is 4. The number of rotatable bonds is 14. The highest BCUT2D eigenvalue weighted by molar-refractivity contribution is 5.95. The molecule has 8 N–H and O–H groups in total. The summed E-state index contributed by atoms with van der Waals surface area (Å²) < 4.78 is 0. The number of para-hydroxylation sites is 1. The van der Waals surface area contributed by atoms with E-state index in [0.717, 1.165) is 29.4 Å². The van der Waals surface area contributed by atoms with Crippen molar-refractivity contribution in [3.63, 3.8) is 0 Å². The number of amides is 3. The molecule has 1 fully saturated rings. The van der Waals surface area contributed by atoms with Gasteiger partial charge in [-0.25, -0.2) is 4.79 Å². The minimum absolute atomic E-state index is 0.220. The Hall–Kier alpha value is -3.44. The second-order valence-corrected chi connectivity index (χ2v) is 10.2. The van der Waals surface area contributed by atoms with Gasteiger partial charge in [-0.05, 0) is 62.7 Å². The second-order valence-electron chi connectivity index (χ2n) is 10.2. The van der Waals surface area contributed by atoms with Crippen molar-refractivity contribution >= 4 is 34.6 Å². The number of aromatic nitrogens is 1. The summed E-state index contributed by atoms with van der Waals surface area (Å²) in [6, 6.07) is 4.32. The van der Waals surface area contributed by atoms with Crippen molar-refractivity contribution in [3.05, 3.63) is 36.0 Å². The number of aliphatic carboxylic acids is 1. The van der Waals surface area contributed by atoms with Crippen LogP contribution in [0, 0.1) is 5.92 Å². The molecule has 2 aromatic rings. The maximum Gasteiger partial charge on any atom is 0.326 e. The van der Waals surface area contributed by atoms with Gasteiger partial charge in [0.2, 0.25) is 17.7 Å². The maximum atomic E-state index is 13.5. The van der Waals surface area contributed by atoms with E-state index < -0.39 is 35.9 Å². The maximum absolute atomic E-state index is 13.5. The summed E-state index contributed by atoms with van der Waals surface area (Å²) in [7, 11) is 0. The summed E-state index contributed by atoms with van der Waals surface area (Å²) in [5.74, 6) is -2.82. The summed E-state index contributed by atoms with van der Waals surface area (Å²) in [5, 5.41) is 21.8. The van der Waals surface area contributed by atoms with Crippen molar-refractivity contribution in [2.24, 2.45) is 11.7 Å². The molecule has 4 unspecified atom stereocenters. The van der Waals surface area contributed by atoms with Gasteiger partial charge in [-0.1, -0.05) is 32.0 Å².